The second-order valence-electron chi connectivity index (χ2n) is 30.3. The van der Waals surface area contributed by atoms with Crippen LogP contribution in [-0.4, -0.2) is 339 Å². The number of fused-ring (bicyclic) bond motifs is 1. The molecule has 0 radical (unpaired) electrons. The molecule has 23 aliphatic rings. The molecule has 30 unspecified atom stereocenters. The molecule has 37 heteroatoms. The van der Waals surface area contributed by atoms with Crippen molar-refractivity contribution in [1.82, 2.24) is 25.6 Å². The number of carbonyl (C=O) groups excluding carboxylic acids is 4. The van der Waals surface area contributed by atoms with E-state index in [0.717, 1.165) is 0 Å². The highest BCUT2D eigenvalue weighted by atomic mass is 16.8. The van der Waals surface area contributed by atoms with Crippen LogP contribution in [0.25, 0.3) is 0 Å². The average Bonchev–Trinajstić information content (AvgIpc) is 0.852. The molecular weight excluding hydrogens is 1410 g/mol. The van der Waals surface area contributed by atoms with Gasteiger partial charge in [-0.15, -0.1) is 5.10 Å². The second-order valence-corrected chi connectivity index (χ2v) is 30.3. The number of carbonyl (C=O) groups is 4. The van der Waals surface area contributed by atoms with E-state index in [1.165, 1.54) is 4.68 Å². The van der Waals surface area contributed by atoms with Crippen molar-refractivity contribution >= 4 is 23.4 Å². The fourth-order valence-electron chi connectivity index (χ4n) is 15.3. The third-order valence-electron chi connectivity index (χ3n) is 21.2. The Bertz CT molecular complexity index is 2920. The molecule has 22 aliphatic heterocycles. The normalized spacial score (nSPS) is 40.7. The van der Waals surface area contributed by atoms with E-state index < -0.39 is 247 Å². The number of hydrogen-bond acceptors (Lipinski definition) is 34. The molecule has 1 aliphatic carbocycles. The Hall–Kier alpha value is -3.70. The first-order valence-corrected chi connectivity index (χ1v) is 37.4. The highest BCUT2D eigenvalue weighted by Gasteiger charge is 2.58. The molecule has 608 valence electrons. The van der Waals surface area contributed by atoms with Crippen molar-refractivity contribution in [3.8, 4) is 0 Å². The lowest BCUT2D eigenvalue weighted by molar-refractivity contribution is -0.399. The summed E-state index contributed by atoms with van der Waals surface area (Å²) in [6.45, 7) is 10.3. The molecule has 0 aromatic carbocycles. The number of aromatic nitrogens is 3. The number of nitrogens with zero attached hydrogens (tertiary/aromatic N) is 3. The van der Waals surface area contributed by atoms with Crippen LogP contribution >= 0.6 is 0 Å². The number of aliphatic hydroxyl groups is 15. The molecule has 24 rings (SSSR count). The molecule has 37 nitrogen and oxygen atoms in total. The molecule has 23 heterocycles. The van der Waals surface area contributed by atoms with Gasteiger partial charge in [0.25, 0.3) is 0 Å². The SMILES string of the molecule is CCC1OC2OC3C(CO)OC(OC4C(CO)OC(OC5C(Cn6nnc7c6CCCCCC7OCC(=O)NCCCC[C@@H](CC(C)C)C(=O)N[C@H](C(=O)C[C@@H](C)C(=O)C(C)C)C(C)C)OC(OC6C(O)CC(OC6CO)OC6C(CO)OC(OC1C(O)C2O)C(O)C6O)C(O)C5O)C(O)C4O)C(O)C3O. The molecule has 22 saturated heterocycles. The summed E-state index contributed by atoms with van der Waals surface area (Å²) in [6, 6.07) is -0.756. The Balaban J connectivity index is 0.924. The van der Waals surface area contributed by atoms with Crippen LogP contribution in [0.4, 0.5) is 0 Å². The number of amides is 2. The van der Waals surface area contributed by atoms with Crippen LogP contribution in [0.3, 0.4) is 0 Å². The van der Waals surface area contributed by atoms with Crippen molar-refractivity contribution in [2.45, 2.75) is 329 Å². The van der Waals surface area contributed by atoms with E-state index in [-0.39, 0.29) is 61.2 Å². The van der Waals surface area contributed by atoms with Gasteiger partial charge in [0.05, 0.1) is 56.9 Å². The Kier molecular flexibility index (Phi) is 31.9. The number of unbranched alkanes of at least 4 members (excludes halogenated alkanes) is 1. The Morgan fingerprint density at radius 1 is 0.547 bits per heavy atom. The number of ether oxygens (including phenoxy) is 13. The van der Waals surface area contributed by atoms with Gasteiger partial charge in [-0.25, -0.2) is 4.68 Å². The standard InChI is InChI=1S/C69H115N5O32/c1-9-36-59-48(83)53(88)65(96-36)105-62-41(25-77)100-69(57(92)52(62)87)106-63-42(26-78)99-68(56(91)51(63)86)104-60-38(97-66(54(89)49(60)84)102-58-35(80)21-44(95-39(58)23-75)101-61-40(24-76)98-67(103-59)55(90)50(61)85)22-74-33-16-11-10-12-17-37(46(33)72-73-74)94-27-43(81)70-18-14-13-15-32(19-28(2)3)64(93)71-45(29(4)5)34(79)20-31(8)47(82)30(6)7/h28-32,35-42,44-45,48-63,65-69,75-78,80,83-92H,9-27H2,1-8H3,(H,70,81)(H,71,93)/t31-,32+,35?,36?,37?,38?,39?,40?,41?,42?,44?,45+,48?,49?,50?,51?,52?,53?,54?,55?,56?,57?,58?,59?,60?,61?,62?,63?,65?,66?,67?,68?,69?/m1/s1. The lowest BCUT2D eigenvalue weighted by Crippen LogP contribution is -2.68. The minimum absolute atomic E-state index is 0.00480. The molecule has 106 heavy (non-hydrogen) atoms. The summed E-state index contributed by atoms with van der Waals surface area (Å²) in [5.74, 6) is -2.03. The average molecular weight is 1530 g/mol. The predicted molar refractivity (Wildman–Crippen MR) is 357 cm³/mol. The molecule has 0 saturated carbocycles. The largest absolute Gasteiger partial charge is 0.394 e. The number of Topliss-reactive ketones (excluding diaryl/α,β-unsaturated/α-hetero) is 2. The van der Waals surface area contributed by atoms with Crippen LogP contribution < -0.4 is 10.6 Å². The number of ketones is 2. The van der Waals surface area contributed by atoms with Crippen LogP contribution in [0.5, 0.6) is 0 Å². The number of aliphatic hydroxyl groups excluding tert-OH is 15. The Labute approximate surface area is 614 Å². The van der Waals surface area contributed by atoms with Gasteiger partial charge in [0.1, 0.15) is 152 Å². The lowest BCUT2D eigenvalue weighted by atomic mass is 9.87. The smallest absolute Gasteiger partial charge is 0.246 e. The van der Waals surface area contributed by atoms with E-state index in [4.69, 9.17) is 61.6 Å². The molecule has 33 atom stereocenters. The fourth-order valence-corrected chi connectivity index (χ4v) is 15.3. The monoisotopic (exact) mass is 1530 g/mol. The van der Waals surface area contributed by atoms with Gasteiger partial charge in [0.15, 0.2) is 43.5 Å². The topological polar surface area (TPSA) is 546 Å². The third-order valence-corrected chi connectivity index (χ3v) is 21.2. The van der Waals surface area contributed by atoms with Gasteiger partial charge in [-0.2, -0.15) is 0 Å². The molecular formula is C69H115N5O32. The van der Waals surface area contributed by atoms with E-state index in [9.17, 15) is 95.8 Å². The zero-order valence-corrected chi connectivity index (χ0v) is 61.2. The molecule has 2 amide bonds. The zero-order chi connectivity index (χ0) is 77.3. The van der Waals surface area contributed by atoms with Gasteiger partial charge in [0.2, 0.25) is 11.8 Å². The number of nitrogens with one attached hydrogen (secondary N) is 2. The van der Waals surface area contributed by atoms with Gasteiger partial charge >= 0.3 is 0 Å². The van der Waals surface area contributed by atoms with E-state index in [1.807, 2.05) is 27.7 Å². The minimum Gasteiger partial charge on any atom is -0.394 e. The van der Waals surface area contributed by atoms with Crippen molar-refractivity contribution in [3.05, 3.63) is 11.4 Å². The fraction of sp³-hybridized carbons (Fsp3) is 0.913. The molecule has 1 aromatic heterocycles. The highest BCUT2D eigenvalue weighted by molar-refractivity contribution is 5.93. The van der Waals surface area contributed by atoms with Crippen molar-refractivity contribution < 1.29 is 157 Å². The number of rotatable bonds is 25. The van der Waals surface area contributed by atoms with Crippen molar-refractivity contribution in [2.24, 2.45) is 29.6 Å². The highest BCUT2D eigenvalue weighted by Crippen LogP contribution is 2.40. The Morgan fingerprint density at radius 2 is 1.01 bits per heavy atom. The Morgan fingerprint density at radius 3 is 1.49 bits per heavy atom. The molecule has 22 fully saturated rings. The summed E-state index contributed by atoms with van der Waals surface area (Å²) < 4.78 is 80.3. The quantitative estimate of drug-likeness (QED) is 0.0407. The van der Waals surface area contributed by atoms with Crippen molar-refractivity contribution in [2.75, 3.05) is 39.6 Å². The van der Waals surface area contributed by atoms with E-state index in [2.05, 4.69) is 20.9 Å². The summed E-state index contributed by atoms with van der Waals surface area (Å²) >= 11 is 0. The lowest BCUT2D eigenvalue weighted by Gasteiger charge is -2.50. The van der Waals surface area contributed by atoms with Crippen LogP contribution in [0.2, 0.25) is 0 Å². The maximum Gasteiger partial charge on any atom is 0.246 e. The van der Waals surface area contributed by atoms with Gasteiger partial charge in [-0.3, -0.25) is 19.2 Å². The predicted octanol–water partition coefficient (Wildman–Crippen LogP) is -5.22. The van der Waals surface area contributed by atoms with Gasteiger partial charge in [-0.1, -0.05) is 79.9 Å². The third kappa shape index (κ3) is 20.4. The molecule has 0 spiro atoms. The zero-order valence-electron chi connectivity index (χ0n) is 61.2. The summed E-state index contributed by atoms with van der Waals surface area (Å²) in [7, 11) is 0. The van der Waals surface area contributed by atoms with Crippen molar-refractivity contribution in [1.29, 1.82) is 0 Å². The maximum atomic E-state index is 13.8. The summed E-state index contributed by atoms with van der Waals surface area (Å²) in [4.78, 5) is 53.3. The van der Waals surface area contributed by atoms with E-state index >= 15 is 0 Å². The summed E-state index contributed by atoms with van der Waals surface area (Å²) in [6.07, 6.45) is -49.5. The maximum absolute atomic E-state index is 13.8. The second kappa shape index (κ2) is 39.2. The van der Waals surface area contributed by atoms with E-state index in [1.54, 1.807) is 27.7 Å². The first-order valence-electron chi connectivity index (χ1n) is 37.4. The molecule has 12 bridgehead atoms. The molecule has 17 N–H and O–H groups in total. The van der Waals surface area contributed by atoms with Crippen LogP contribution in [0.15, 0.2) is 0 Å². The van der Waals surface area contributed by atoms with Crippen molar-refractivity contribution in [3.63, 3.8) is 0 Å². The molecule has 1 aromatic rings. The summed E-state index contributed by atoms with van der Waals surface area (Å²) in [5, 5.41) is 187. The first kappa shape index (κ1) is 86.3. The van der Waals surface area contributed by atoms with E-state index in [0.29, 0.717) is 69.2 Å². The van der Waals surface area contributed by atoms with Crippen LogP contribution in [0.1, 0.15) is 144 Å². The first-order chi connectivity index (χ1) is 50.4. The van der Waals surface area contributed by atoms with Gasteiger partial charge in [-0.05, 0) is 56.8 Å². The van der Waals surface area contributed by atoms with Gasteiger partial charge < -0.3 is 149 Å². The number of hydrogen-bond donors (Lipinski definition) is 17. The minimum atomic E-state index is -2.18. The van der Waals surface area contributed by atoms with Crippen LogP contribution in [0, 0.1) is 29.6 Å². The van der Waals surface area contributed by atoms with Gasteiger partial charge in [0, 0.05) is 37.1 Å². The van der Waals surface area contributed by atoms with Crippen LogP contribution in [-0.2, 0) is 93.7 Å². The summed E-state index contributed by atoms with van der Waals surface area (Å²) in [5.41, 5.74) is 0.848.